The highest BCUT2D eigenvalue weighted by Gasteiger charge is 2.16. The molecule has 0 aromatic heterocycles. The van der Waals surface area contributed by atoms with Crippen LogP contribution < -0.4 is 4.83 Å². The van der Waals surface area contributed by atoms with Crippen molar-refractivity contribution in [2.45, 2.75) is 13.3 Å². The van der Waals surface area contributed by atoms with E-state index in [1.54, 1.807) is 11.9 Å². The van der Waals surface area contributed by atoms with Crippen LogP contribution in [0.15, 0.2) is 0 Å². The van der Waals surface area contributed by atoms with Crippen molar-refractivity contribution >= 4 is 11.9 Å². The highest BCUT2D eigenvalue weighted by Crippen LogP contribution is 2.13. The molecule has 1 rings (SSSR count). The SMILES string of the molecule is CSNN1CCC(C)C1. The summed E-state index contributed by atoms with van der Waals surface area (Å²) in [7, 11) is 0. The Morgan fingerprint density at radius 3 is 2.89 bits per heavy atom. The van der Waals surface area contributed by atoms with E-state index in [0.29, 0.717) is 0 Å². The summed E-state index contributed by atoms with van der Waals surface area (Å²) in [5.41, 5.74) is 0. The van der Waals surface area contributed by atoms with E-state index in [4.69, 9.17) is 0 Å². The van der Waals surface area contributed by atoms with Gasteiger partial charge in [-0.15, -0.1) is 0 Å². The van der Waals surface area contributed by atoms with E-state index in [1.807, 2.05) is 0 Å². The van der Waals surface area contributed by atoms with E-state index in [0.717, 1.165) is 5.92 Å². The zero-order valence-corrected chi connectivity index (χ0v) is 6.87. The lowest BCUT2D eigenvalue weighted by Crippen LogP contribution is -2.30. The van der Waals surface area contributed by atoms with Crippen LogP contribution in [0.4, 0.5) is 0 Å². The Labute approximate surface area is 61.1 Å². The van der Waals surface area contributed by atoms with Gasteiger partial charge in [0.25, 0.3) is 0 Å². The largest absolute Gasteiger partial charge is 0.234 e. The van der Waals surface area contributed by atoms with Crippen LogP contribution in [0.5, 0.6) is 0 Å². The van der Waals surface area contributed by atoms with Crippen molar-refractivity contribution in [2.24, 2.45) is 5.92 Å². The molecule has 1 aliphatic heterocycles. The molecular weight excluding hydrogens is 132 g/mol. The molecule has 0 bridgehead atoms. The molecule has 1 unspecified atom stereocenters. The molecule has 0 aromatic rings. The van der Waals surface area contributed by atoms with Crippen molar-refractivity contribution in [3.8, 4) is 0 Å². The summed E-state index contributed by atoms with van der Waals surface area (Å²) < 4.78 is 0. The third kappa shape index (κ3) is 2.16. The zero-order valence-electron chi connectivity index (χ0n) is 6.05. The summed E-state index contributed by atoms with van der Waals surface area (Å²) in [6, 6.07) is 0. The van der Waals surface area contributed by atoms with Crippen LogP contribution in [0, 0.1) is 5.92 Å². The molecule has 0 spiro atoms. The van der Waals surface area contributed by atoms with Gasteiger partial charge in [0.15, 0.2) is 0 Å². The van der Waals surface area contributed by atoms with Gasteiger partial charge in [-0.25, -0.2) is 5.01 Å². The first-order valence-corrected chi connectivity index (χ1v) is 4.59. The van der Waals surface area contributed by atoms with Crippen LogP contribution in [0.25, 0.3) is 0 Å². The Morgan fingerprint density at radius 1 is 1.67 bits per heavy atom. The molecule has 0 amide bonds. The number of nitrogens with one attached hydrogen (secondary N) is 1. The maximum Gasteiger partial charge on any atom is 0.0166 e. The van der Waals surface area contributed by atoms with Gasteiger partial charge in [0.2, 0.25) is 0 Å². The molecule has 3 heteroatoms. The molecule has 0 aromatic carbocycles. The lowest BCUT2D eigenvalue weighted by atomic mass is 10.2. The van der Waals surface area contributed by atoms with Crippen LogP contribution in [0.3, 0.4) is 0 Å². The van der Waals surface area contributed by atoms with E-state index in [2.05, 4.69) is 23.0 Å². The number of rotatable bonds is 2. The Kier molecular flexibility index (Phi) is 2.82. The molecule has 1 atom stereocenters. The van der Waals surface area contributed by atoms with Gasteiger partial charge in [-0.3, -0.25) is 0 Å². The lowest BCUT2D eigenvalue weighted by molar-refractivity contribution is 0.304. The van der Waals surface area contributed by atoms with Crippen molar-refractivity contribution in [3.63, 3.8) is 0 Å². The van der Waals surface area contributed by atoms with E-state index >= 15 is 0 Å². The van der Waals surface area contributed by atoms with E-state index in [1.165, 1.54) is 19.5 Å². The fourth-order valence-electron chi connectivity index (χ4n) is 1.15. The van der Waals surface area contributed by atoms with Crippen LogP contribution in [0.2, 0.25) is 0 Å². The van der Waals surface area contributed by atoms with Gasteiger partial charge in [-0.1, -0.05) is 18.9 Å². The van der Waals surface area contributed by atoms with Gasteiger partial charge in [-0.05, 0) is 18.6 Å². The summed E-state index contributed by atoms with van der Waals surface area (Å²) >= 11 is 1.68. The van der Waals surface area contributed by atoms with Crippen LogP contribution in [-0.2, 0) is 0 Å². The van der Waals surface area contributed by atoms with Crippen molar-refractivity contribution in [2.75, 3.05) is 19.3 Å². The molecule has 1 aliphatic rings. The maximum absolute atomic E-state index is 3.22. The van der Waals surface area contributed by atoms with Crippen molar-refractivity contribution in [1.82, 2.24) is 9.84 Å². The number of nitrogens with zero attached hydrogens (tertiary/aromatic N) is 1. The van der Waals surface area contributed by atoms with Gasteiger partial charge in [0, 0.05) is 13.1 Å². The van der Waals surface area contributed by atoms with Gasteiger partial charge in [0.05, 0.1) is 0 Å². The first kappa shape index (κ1) is 7.38. The molecule has 1 N–H and O–H groups in total. The predicted octanol–water partition coefficient (Wildman–Crippen LogP) is 1.11. The lowest BCUT2D eigenvalue weighted by Gasteiger charge is -2.13. The van der Waals surface area contributed by atoms with Gasteiger partial charge < -0.3 is 0 Å². The number of hydrazine groups is 1. The summed E-state index contributed by atoms with van der Waals surface area (Å²) in [4.78, 5) is 3.22. The number of hydrogen-bond acceptors (Lipinski definition) is 3. The summed E-state index contributed by atoms with van der Waals surface area (Å²) in [6.45, 7) is 4.71. The zero-order chi connectivity index (χ0) is 6.69. The minimum atomic E-state index is 0.879. The normalized spacial score (nSPS) is 29.3. The second-order valence-corrected chi connectivity index (χ2v) is 3.23. The minimum absolute atomic E-state index is 0.879. The third-order valence-corrected chi connectivity index (χ3v) is 2.09. The molecule has 0 aliphatic carbocycles. The molecule has 0 radical (unpaired) electrons. The van der Waals surface area contributed by atoms with E-state index in [-0.39, 0.29) is 0 Å². The Morgan fingerprint density at radius 2 is 2.44 bits per heavy atom. The Hall–Kier alpha value is 0.270. The van der Waals surface area contributed by atoms with Gasteiger partial charge >= 0.3 is 0 Å². The summed E-state index contributed by atoms with van der Waals surface area (Å²) in [6.07, 6.45) is 3.40. The smallest absolute Gasteiger partial charge is 0.0166 e. The first-order valence-electron chi connectivity index (χ1n) is 3.36. The molecule has 54 valence electrons. The van der Waals surface area contributed by atoms with Crippen molar-refractivity contribution < 1.29 is 0 Å². The van der Waals surface area contributed by atoms with Crippen molar-refractivity contribution in [3.05, 3.63) is 0 Å². The first-order chi connectivity index (χ1) is 4.33. The van der Waals surface area contributed by atoms with Crippen molar-refractivity contribution in [1.29, 1.82) is 0 Å². The summed E-state index contributed by atoms with van der Waals surface area (Å²) in [5, 5.41) is 2.27. The summed E-state index contributed by atoms with van der Waals surface area (Å²) in [5.74, 6) is 0.879. The standard InChI is InChI=1S/C6H14N2S/c1-6-3-4-8(5-6)7-9-2/h6-7H,3-5H2,1-2H3. The molecule has 2 nitrogen and oxygen atoms in total. The van der Waals surface area contributed by atoms with Crippen LogP contribution >= 0.6 is 11.9 Å². The van der Waals surface area contributed by atoms with Gasteiger partial charge in [-0.2, -0.15) is 4.83 Å². The minimum Gasteiger partial charge on any atom is -0.234 e. The Bertz CT molecular complexity index is 85.1. The van der Waals surface area contributed by atoms with E-state index < -0.39 is 0 Å². The molecular formula is C6H14N2S. The highest BCUT2D eigenvalue weighted by atomic mass is 32.2. The average Bonchev–Trinajstić information content (AvgIpc) is 2.17. The highest BCUT2D eigenvalue weighted by molar-refractivity contribution is 7.96. The molecule has 9 heavy (non-hydrogen) atoms. The topological polar surface area (TPSA) is 15.3 Å². The van der Waals surface area contributed by atoms with Gasteiger partial charge in [0.1, 0.15) is 0 Å². The second kappa shape index (κ2) is 3.44. The maximum atomic E-state index is 3.22. The Balaban J connectivity index is 2.14. The monoisotopic (exact) mass is 146 g/mol. The third-order valence-electron chi connectivity index (χ3n) is 1.64. The van der Waals surface area contributed by atoms with E-state index in [9.17, 15) is 0 Å². The number of hydrogen-bond donors (Lipinski definition) is 1. The molecule has 1 saturated heterocycles. The predicted molar refractivity (Wildman–Crippen MR) is 42.0 cm³/mol. The molecule has 1 heterocycles. The molecule has 0 saturated carbocycles. The fourth-order valence-corrected chi connectivity index (χ4v) is 1.57. The second-order valence-electron chi connectivity index (χ2n) is 2.64. The fraction of sp³-hybridized carbons (Fsp3) is 1.00. The van der Waals surface area contributed by atoms with Crippen LogP contribution in [0.1, 0.15) is 13.3 Å². The average molecular weight is 146 g/mol. The quantitative estimate of drug-likeness (QED) is 0.587. The molecule has 1 fully saturated rings. The van der Waals surface area contributed by atoms with Crippen LogP contribution in [-0.4, -0.2) is 24.4 Å².